The zero-order chi connectivity index (χ0) is 15.4. The van der Waals surface area contributed by atoms with Crippen LogP contribution >= 0.6 is 0 Å². The van der Waals surface area contributed by atoms with E-state index in [2.05, 4.69) is 68.1 Å². The molecule has 0 aliphatic carbocycles. The minimum atomic E-state index is 0.653. The third-order valence-corrected chi connectivity index (χ3v) is 3.44. The Morgan fingerprint density at radius 2 is 1.75 bits per heavy atom. The molecule has 1 aromatic carbocycles. The quantitative estimate of drug-likeness (QED) is 0.716. The topological polar surface area (TPSA) is 23.6 Å². The molecule has 0 heterocycles. The normalized spacial score (nSPS) is 11.9. The molecule has 0 saturated carbocycles. The van der Waals surface area contributed by atoms with E-state index in [-0.39, 0.29) is 0 Å². The molecule has 3 nitrogen and oxygen atoms in total. The number of hydrogen-bond acceptors (Lipinski definition) is 3. The number of hydrogen-bond donors (Lipinski definition) is 0. The third kappa shape index (κ3) is 8.83. The van der Waals surface area contributed by atoms with Crippen LogP contribution in [0.1, 0.15) is 32.8 Å². The van der Waals surface area contributed by atoms with Gasteiger partial charge in [0.15, 0.2) is 0 Å². The fraction of sp³-hybridized carbons (Fsp3) is 0.588. The van der Waals surface area contributed by atoms with Crippen molar-refractivity contribution in [1.82, 2.24) is 9.80 Å². The molecule has 3 heteroatoms. The van der Waals surface area contributed by atoms with Crippen LogP contribution in [0.2, 0.25) is 0 Å². The first-order valence-electron chi connectivity index (χ1n) is 7.37. The minimum Gasteiger partial charge on any atom is -0.307 e. The fourth-order valence-corrected chi connectivity index (χ4v) is 1.82. The highest BCUT2D eigenvalue weighted by Gasteiger charge is 2.08. The van der Waals surface area contributed by atoms with Crippen molar-refractivity contribution >= 4 is 6.29 Å². The summed E-state index contributed by atoms with van der Waals surface area (Å²) in [5.41, 5.74) is 1.41. The molecule has 20 heavy (non-hydrogen) atoms. The Morgan fingerprint density at radius 1 is 1.20 bits per heavy atom. The first-order chi connectivity index (χ1) is 9.54. The van der Waals surface area contributed by atoms with Crippen molar-refractivity contribution in [3.63, 3.8) is 0 Å². The molecule has 0 radical (unpaired) electrons. The van der Waals surface area contributed by atoms with E-state index < -0.39 is 0 Å². The fourth-order valence-electron chi connectivity index (χ4n) is 1.82. The lowest BCUT2D eigenvalue weighted by Gasteiger charge is -2.25. The molecule has 0 spiro atoms. The van der Waals surface area contributed by atoms with E-state index in [4.69, 9.17) is 4.79 Å². The third-order valence-electron chi connectivity index (χ3n) is 3.44. The molecule has 0 saturated heterocycles. The smallest absolute Gasteiger partial charge is 0.116 e. The van der Waals surface area contributed by atoms with Crippen molar-refractivity contribution in [2.24, 2.45) is 0 Å². The summed E-state index contributed by atoms with van der Waals surface area (Å²) in [5.74, 6) is 0. The summed E-state index contributed by atoms with van der Waals surface area (Å²) in [4.78, 5) is 13.6. The zero-order valence-corrected chi connectivity index (χ0v) is 13.7. The molecule has 1 atom stereocenters. The molecular weight excluding hydrogens is 248 g/mol. The Labute approximate surface area is 124 Å². The summed E-state index contributed by atoms with van der Waals surface area (Å²) in [5, 5.41) is 0. The molecule has 0 aliphatic rings. The summed E-state index contributed by atoms with van der Waals surface area (Å²) in [6.07, 6.45) is 1.98. The molecule has 0 aliphatic heterocycles. The van der Waals surface area contributed by atoms with Gasteiger partial charge >= 0.3 is 0 Å². The van der Waals surface area contributed by atoms with Crippen molar-refractivity contribution in [2.45, 2.75) is 39.8 Å². The zero-order valence-electron chi connectivity index (χ0n) is 13.7. The van der Waals surface area contributed by atoms with Gasteiger partial charge in [-0.3, -0.25) is 4.90 Å². The van der Waals surface area contributed by atoms with E-state index >= 15 is 0 Å². The van der Waals surface area contributed by atoms with E-state index in [1.165, 1.54) is 25.5 Å². The van der Waals surface area contributed by atoms with Gasteiger partial charge in [0, 0.05) is 12.6 Å². The minimum absolute atomic E-state index is 0.653. The molecule has 0 aromatic heterocycles. The van der Waals surface area contributed by atoms with Crippen LogP contribution in [0.25, 0.3) is 0 Å². The van der Waals surface area contributed by atoms with Crippen molar-refractivity contribution in [2.75, 3.05) is 27.2 Å². The van der Waals surface area contributed by atoms with Gasteiger partial charge in [0.1, 0.15) is 6.29 Å². The Kier molecular flexibility index (Phi) is 10.9. The Bertz CT molecular complexity index is 338. The van der Waals surface area contributed by atoms with Crippen LogP contribution < -0.4 is 0 Å². The van der Waals surface area contributed by atoms with Gasteiger partial charge in [0.25, 0.3) is 0 Å². The van der Waals surface area contributed by atoms with Crippen LogP contribution in [-0.4, -0.2) is 49.3 Å². The predicted molar refractivity (Wildman–Crippen MR) is 86.9 cm³/mol. The summed E-state index contributed by atoms with van der Waals surface area (Å²) >= 11 is 0. The summed E-state index contributed by atoms with van der Waals surface area (Å²) in [7, 11) is 4.30. The lowest BCUT2D eigenvalue weighted by atomic mass is 10.2. The highest BCUT2D eigenvalue weighted by molar-refractivity contribution is 5.44. The van der Waals surface area contributed by atoms with Gasteiger partial charge in [0.2, 0.25) is 0 Å². The second-order valence-corrected chi connectivity index (χ2v) is 5.19. The highest BCUT2D eigenvalue weighted by atomic mass is 16.1. The molecule has 0 unspecified atom stereocenters. The van der Waals surface area contributed by atoms with Gasteiger partial charge in [-0.2, -0.15) is 0 Å². The van der Waals surface area contributed by atoms with Gasteiger partial charge in [-0.15, -0.1) is 0 Å². The van der Waals surface area contributed by atoms with Crippen LogP contribution in [0.5, 0.6) is 0 Å². The molecule has 114 valence electrons. The van der Waals surface area contributed by atoms with Crippen LogP contribution in [0.3, 0.4) is 0 Å². The van der Waals surface area contributed by atoms with Crippen molar-refractivity contribution < 1.29 is 4.79 Å². The van der Waals surface area contributed by atoms with Crippen LogP contribution in [0.4, 0.5) is 0 Å². The van der Waals surface area contributed by atoms with Gasteiger partial charge in [0.05, 0.1) is 0 Å². The number of nitrogens with zero attached hydrogens (tertiary/aromatic N) is 2. The second kappa shape index (κ2) is 11.6. The van der Waals surface area contributed by atoms with Crippen LogP contribution in [-0.2, 0) is 11.3 Å². The first kappa shape index (κ1) is 18.8. The van der Waals surface area contributed by atoms with Crippen LogP contribution in [0, 0.1) is 0 Å². The van der Waals surface area contributed by atoms with Crippen LogP contribution in [0.15, 0.2) is 30.3 Å². The number of aldehydes is 1. The predicted octanol–water partition coefficient (Wildman–Crippen LogP) is 3.05. The standard InChI is InChI=1S/C15H26N2.C2H4O/c1-5-17(12-11-14(2)16(3)4)13-15-9-7-6-8-10-15;1-2-3/h6-10,14H,5,11-13H2,1-4H3;2H,1H3/t14-;/m0./s1. The molecule has 1 rings (SSSR count). The second-order valence-electron chi connectivity index (χ2n) is 5.19. The maximum absolute atomic E-state index is 8.81. The maximum atomic E-state index is 8.81. The molecule has 0 bridgehead atoms. The van der Waals surface area contributed by atoms with E-state index in [9.17, 15) is 0 Å². The van der Waals surface area contributed by atoms with Gasteiger partial charge < -0.3 is 9.69 Å². The van der Waals surface area contributed by atoms with Crippen molar-refractivity contribution in [3.8, 4) is 0 Å². The molecule has 1 aromatic rings. The summed E-state index contributed by atoms with van der Waals surface area (Å²) in [6.45, 7) is 9.33. The number of carbonyl (C=O) groups is 1. The Hall–Kier alpha value is -1.19. The number of rotatable bonds is 7. The van der Waals surface area contributed by atoms with E-state index in [0.29, 0.717) is 6.04 Å². The summed E-state index contributed by atoms with van der Waals surface area (Å²) < 4.78 is 0. The lowest BCUT2D eigenvalue weighted by molar-refractivity contribution is -0.106. The number of benzene rings is 1. The van der Waals surface area contributed by atoms with E-state index in [0.717, 1.165) is 19.4 Å². The molecule has 0 N–H and O–H groups in total. The van der Waals surface area contributed by atoms with E-state index in [1.54, 1.807) is 0 Å². The molecule has 0 fully saturated rings. The molecular formula is C17H30N2O. The highest BCUT2D eigenvalue weighted by Crippen LogP contribution is 2.07. The summed E-state index contributed by atoms with van der Waals surface area (Å²) in [6, 6.07) is 11.4. The molecule has 0 amide bonds. The first-order valence-corrected chi connectivity index (χ1v) is 7.37. The average molecular weight is 278 g/mol. The lowest BCUT2D eigenvalue weighted by Crippen LogP contribution is -2.31. The van der Waals surface area contributed by atoms with Crippen molar-refractivity contribution in [3.05, 3.63) is 35.9 Å². The average Bonchev–Trinajstić information content (AvgIpc) is 2.44. The number of carbonyl (C=O) groups excluding carboxylic acids is 1. The van der Waals surface area contributed by atoms with Gasteiger partial charge in [-0.1, -0.05) is 37.3 Å². The van der Waals surface area contributed by atoms with Crippen molar-refractivity contribution in [1.29, 1.82) is 0 Å². The monoisotopic (exact) mass is 278 g/mol. The SMILES string of the molecule is CC=O.CCN(CC[C@H](C)N(C)C)Cc1ccccc1. The maximum Gasteiger partial charge on any atom is 0.116 e. The largest absolute Gasteiger partial charge is 0.307 e. The van der Waals surface area contributed by atoms with E-state index in [1.807, 2.05) is 0 Å². The Balaban J connectivity index is 0.00000110. The Morgan fingerprint density at radius 3 is 2.20 bits per heavy atom. The van der Waals surface area contributed by atoms with Gasteiger partial charge in [-0.25, -0.2) is 0 Å². The van der Waals surface area contributed by atoms with Gasteiger partial charge in [-0.05, 0) is 53.0 Å².